The van der Waals surface area contributed by atoms with Crippen molar-refractivity contribution in [2.24, 2.45) is 0 Å². The van der Waals surface area contributed by atoms with Crippen LogP contribution in [0.25, 0.3) is 0 Å². The van der Waals surface area contributed by atoms with Crippen molar-refractivity contribution in [2.45, 2.75) is 11.8 Å². The number of anilines is 1. The first kappa shape index (κ1) is 12.4. The van der Waals surface area contributed by atoms with Gasteiger partial charge in [-0.3, -0.25) is 4.79 Å². The lowest BCUT2D eigenvalue weighted by molar-refractivity contribution is -0.117. The van der Waals surface area contributed by atoms with Crippen molar-refractivity contribution in [3.63, 3.8) is 0 Å². The standard InChI is InChI=1S/C11H9BrClNO3/c12-8-2-1-6(11(16)17)3-9(8)14-5-7(13)4-10(14)15/h1-3,7H,4-5H2,(H,16,17). The Hall–Kier alpha value is -1.07. The first-order valence-electron chi connectivity index (χ1n) is 4.96. The largest absolute Gasteiger partial charge is 0.478 e. The number of amides is 1. The third-order valence-corrected chi connectivity index (χ3v) is 3.52. The predicted molar refractivity (Wildman–Crippen MR) is 67.7 cm³/mol. The zero-order valence-corrected chi connectivity index (χ0v) is 11.0. The fourth-order valence-corrected chi connectivity index (χ4v) is 2.48. The molecule has 1 aliphatic rings. The maximum atomic E-state index is 11.7. The Balaban J connectivity index is 2.41. The Labute approximate surface area is 111 Å². The molecular weight excluding hydrogens is 309 g/mol. The highest BCUT2D eigenvalue weighted by atomic mass is 79.9. The van der Waals surface area contributed by atoms with E-state index >= 15 is 0 Å². The van der Waals surface area contributed by atoms with Gasteiger partial charge in [0.25, 0.3) is 0 Å². The van der Waals surface area contributed by atoms with Crippen LogP contribution in [0.5, 0.6) is 0 Å². The predicted octanol–water partition coefficient (Wildman–Crippen LogP) is 2.49. The molecular formula is C11H9BrClNO3. The normalized spacial score (nSPS) is 19.8. The highest BCUT2D eigenvalue weighted by molar-refractivity contribution is 9.10. The van der Waals surface area contributed by atoms with E-state index in [0.29, 0.717) is 16.7 Å². The van der Waals surface area contributed by atoms with E-state index in [1.54, 1.807) is 6.07 Å². The van der Waals surface area contributed by atoms with Crippen molar-refractivity contribution in [1.82, 2.24) is 0 Å². The summed E-state index contributed by atoms with van der Waals surface area (Å²) in [5.41, 5.74) is 0.701. The number of alkyl halides is 1. The van der Waals surface area contributed by atoms with Gasteiger partial charge in [0.1, 0.15) is 0 Å². The van der Waals surface area contributed by atoms with Crippen molar-refractivity contribution < 1.29 is 14.7 Å². The molecule has 17 heavy (non-hydrogen) atoms. The number of hydrogen-bond acceptors (Lipinski definition) is 2. The molecule has 0 saturated carbocycles. The van der Waals surface area contributed by atoms with Crippen LogP contribution in [0, 0.1) is 0 Å². The first-order valence-corrected chi connectivity index (χ1v) is 6.19. The number of aromatic carboxylic acids is 1. The molecule has 4 nitrogen and oxygen atoms in total. The lowest BCUT2D eigenvalue weighted by Gasteiger charge is -2.18. The SMILES string of the molecule is O=C(O)c1ccc(Br)c(N2CC(Cl)CC2=O)c1. The van der Waals surface area contributed by atoms with Gasteiger partial charge >= 0.3 is 5.97 Å². The molecule has 1 unspecified atom stereocenters. The van der Waals surface area contributed by atoms with Crippen LogP contribution < -0.4 is 4.90 Å². The van der Waals surface area contributed by atoms with Crippen LogP contribution in [-0.4, -0.2) is 28.9 Å². The van der Waals surface area contributed by atoms with Gasteiger partial charge in [-0.2, -0.15) is 0 Å². The molecule has 1 aromatic carbocycles. The molecule has 1 aliphatic heterocycles. The summed E-state index contributed by atoms with van der Waals surface area (Å²) >= 11 is 9.22. The van der Waals surface area contributed by atoms with Crippen LogP contribution in [0.4, 0.5) is 5.69 Å². The van der Waals surface area contributed by atoms with E-state index in [-0.39, 0.29) is 23.3 Å². The van der Waals surface area contributed by atoms with Crippen LogP contribution >= 0.6 is 27.5 Å². The van der Waals surface area contributed by atoms with E-state index < -0.39 is 5.97 Å². The fourth-order valence-electron chi connectivity index (χ4n) is 1.75. The summed E-state index contributed by atoms with van der Waals surface area (Å²) in [5, 5.41) is 8.70. The van der Waals surface area contributed by atoms with Crippen LogP contribution in [0.3, 0.4) is 0 Å². The lowest BCUT2D eigenvalue weighted by Crippen LogP contribution is -2.25. The van der Waals surface area contributed by atoms with E-state index in [4.69, 9.17) is 16.7 Å². The first-order chi connectivity index (χ1) is 7.99. The maximum absolute atomic E-state index is 11.7. The summed E-state index contributed by atoms with van der Waals surface area (Å²) in [6.07, 6.45) is 0.283. The molecule has 0 bridgehead atoms. The maximum Gasteiger partial charge on any atom is 0.335 e. The molecule has 2 rings (SSSR count). The van der Waals surface area contributed by atoms with Gasteiger partial charge in [-0.1, -0.05) is 0 Å². The summed E-state index contributed by atoms with van der Waals surface area (Å²) in [7, 11) is 0. The molecule has 6 heteroatoms. The van der Waals surface area contributed by atoms with Gasteiger partial charge < -0.3 is 10.0 Å². The molecule has 0 radical (unpaired) electrons. The second-order valence-electron chi connectivity index (χ2n) is 3.78. The highest BCUT2D eigenvalue weighted by Gasteiger charge is 2.30. The topological polar surface area (TPSA) is 57.6 Å². The molecule has 1 N–H and O–H groups in total. The Kier molecular flexibility index (Phi) is 3.40. The molecule has 90 valence electrons. The third-order valence-electron chi connectivity index (χ3n) is 2.56. The minimum absolute atomic E-state index is 0.0896. The van der Waals surface area contributed by atoms with Crippen molar-refractivity contribution in [3.8, 4) is 0 Å². The van der Waals surface area contributed by atoms with Gasteiger partial charge in [-0.05, 0) is 34.1 Å². The molecule has 1 saturated heterocycles. The molecule has 0 aromatic heterocycles. The average molecular weight is 319 g/mol. The Morgan fingerprint density at radius 3 is 2.76 bits per heavy atom. The Morgan fingerprint density at radius 1 is 1.53 bits per heavy atom. The Morgan fingerprint density at radius 2 is 2.24 bits per heavy atom. The van der Waals surface area contributed by atoms with Crippen LogP contribution in [-0.2, 0) is 4.79 Å². The molecule has 1 amide bonds. The summed E-state index contributed by atoms with van der Waals surface area (Å²) in [5.74, 6) is -1.11. The zero-order valence-electron chi connectivity index (χ0n) is 8.69. The monoisotopic (exact) mass is 317 g/mol. The van der Waals surface area contributed by atoms with Crippen LogP contribution in [0.1, 0.15) is 16.8 Å². The lowest BCUT2D eigenvalue weighted by atomic mass is 10.2. The van der Waals surface area contributed by atoms with E-state index in [1.807, 2.05) is 0 Å². The molecule has 0 spiro atoms. The number of carboxylic acid groups (broad SMARTS) is 1. The van der Waals surface area contributed by atoms with Crippen molar-refractivity contribution in [3.05, 3.63) is 28.2 Å². The third kappa shape index (κ3) is 2.45. The van der Waals surface area contributed by atoms with Crippen molar-refractivity contribution in [1.29, 1.82) is 0 Å². The minimum atomic E-state index is -1.02. The van der Waals surface area contributed by atoms with Gasteiger partial charge in [-0.25, -0.2) is 4.79 Å². The summed E-state index contributed by atoms with van der Waals surface area (Å²) in [6, 6.07) is 4.57. The number of halogens is 2. The van der Waals surface area contributed by atoms with Crippen molar-refractivity contribution >= 4 is 45.1 Å². The Bertz CT molecular complexity index is 492. The van der Waals surface area contributed by atoms with Gasteiger partial charge in [-0.15, -0.1) is 11.6 Å². The molecule has 1 aromatic rings. The smallest absolute Gasteiger partial charge is 0.335 e. The summed E-state index contributed by atoms with van der Waals surface area (Å²) in [4.78, 5) is 24.1. The summed E-state index contributed by atoms with van der Waals surface area (Å²) in [6.45, 7) is 0.405. The molecule has 0 aliphatic carbocycles. The number of carbonyl (C=O) groups excluding carboxylic acids is 1. The second kappa shape index (κ2) is 4.66. The average Bonchev–Trinajstić information content (AvgIpc) is 2.58. The number of hydrogen-bond donors (Lipinski definition) is 1. The number of nitrogens with zero attached hydrogens (tertiary/aromatic N) is 1. The van der Waals surface area contributed by atoms with Gasteiger partial charge in [0.15, 0.2) is 0 Å². The second-order valence-corrected chi connectivity index (χ2v) is 5.25. The highest BCUT2D eigenvalue weighted by Crippen LogP contribution is 2.31. The van der Waals surface area contributed by atoms with Gasteiger partial charge in [0.05, 0.1) is 16.6 Å². The van der Waals surface area contributed by atoms with E-state index in [9.17, 15) is 9.59 Å². The van der Waals surface area contributed by atoms with Crippen LogP contribution in [0.2, 0.25) is 0 Å². The zero-order chi connectivity index (χ0) is 12.6. The molecule has 1 heterocycles. The van der Waals surface area contributed by atoms with E-state index in [2.05, 4.69) is 15.9 Å². The van der Waals surface area contributed by atoms with Crippen LogP contribution in [0.15, 0.2) is 22.7 Å². The summed E-state index contributed by atoms with van der Waals surface area (Å²) < 4.78 is 0.682. The van der Waals surface area contributed by atoms with Crippen molar-refractivity contribution in [2.75, 3.05) is 11.4 Å². The quantitative estimate of drug-likeness (QED) is 0.852. The van der Waals surface area contributed by atoms with Gasteiger partial charge in [0, 0.05) is 17.4 Å². The number of carboxylic acids is 1. The van der Waals surface area contributed by atoms with Gasteiger partial charge in [0.2, 0.25) is 5.91 Å². The van der Waals surface area contributed by atoms with E-state index in [0.717, 1.165) is 0 Å². The molecule has 1 fully saturated rings. The number of carbonyl (C=O) groups is 2. The number of rotatable bonds is 2. The molecule has 1 atom stereocenters. The number of benzene rings is 1. The minimum Gasteiger partial charge on any atom is -0.478 e. The fraction of sp³-hybridized carbons (Fsp3) is 0.273. The van der Waals surface area contributed by atoms with E-state index in [1.165, 1.54) is 17.0 Å².